The van der Waals surface area contributed by atoms with Gasteiger partial charge in [-0.05, 0) is 134 Å². The summed E-state index contributed by atoms with van der Waals surface area (Å²) in [4.78, 5) is 5.01. The van der Waals surface area contributed by atoms with E-state index in [0.29, 0.717) is 0 Å². The standard InChI is InChI=1S/C72H54N4/c1-5-47-29-37-63(57(41-47)49-31-25-45(3)26-32-49)73(51-17-9-7-10-18-51)65-39-35-53-59-43-68-60(44-67(59)75-61-23-15-13-21-55(61)69(65)71(53)75)54-36-40-66(70-56-22-14-16-24-62(56)76(68)72(54)70)74(52-19-11-8-12-20-52)64-38-30-48(6-2)42-58(64)50-33-27-46(4)28-34-50/h7-44H,5-6H2,1-4H3. The number of benzene rings is 11. The summed E-state index contributed by atoms with van der Waals surface area (Å²) in [6, 6.07) is 86.6. The number of rotatable bonds is 10. The summed E-state index contributed by atoms with van der Waals surface area (Å²) in [5, 5.41) is 9.98. The number of aromatic nitrogens is 2. The lowest BCUT2D eigenvalue weighted by Crippen LogP contribution is -2.12. The molecule has 0 radical (unpaired) electrons. The van der Waals surface area contributed by atoms with Crippen LogP contribution in [0.3, 0.4) is 0 Å². The van der Waals surface area contributed by atoms with E-state index in [-0.39, 0.29) is 0 Å². The van der Waals surface area contributed by atoms with Gasteiger partial charge in [-0.3, -0.25) is 0 Å². The Morgan fingerprint density at radius 2 is 0.697 bits per heavy atom. The summed E-state index contributed by atoms with van der Waals surface area (Å²) in [5.74, 6) is 0. The van der Waals surface area contributed by atoms with E-state index in [0.717, 1.165) is 47.0 Å². The van der Waals surface area contributed by atoms with Crippen LogP contribution in [-0.4, -0.2) is 8.80 Å². The molecule has 362 valence electrons. The summed E-state index contributed by atoms with van der Waals surface area (Å²) in [7, 11) is 0. The van der Waals surface area contributed by atoms with Crippen molar-refractivity contribution in [3.8, 4) is 22.3 Å². The Bertz CT molecular complexity index is 4410. The van der Waals surface area contributed by atoms with E-state index < -0.39 is 0 Å². The zero-order valence-electron chi connectivity index (χ0n) is 43.1. The molecule has 11 aromatic carbocycles. The lowest BCUT2D eigenvalue weighted by Gasteiger charge is -2.29. The largest absolute Gasteiger partial charge is 0.309 e. The molecule has 4 nitrogen and oxygen atoms in total. The van der Waals surface area contributed by atoms with Crippen LogP contribution in [-0.2, 0) is 12.8 Å². The van der Waals surface area contributed by atoms with E-state index in [1.54, 1.807) is 0 Å². The number of anilines is 6. The predicted octanol–water partition coefficient (Wildman–Crippen LogP) is 20.0. The first-order chi connectivity index (χ1) is 37.4. The molecule has 0 saturated carbocycles. The van der Waals surface area contributed by atoms with E-state index in [1.807, 2.05) is 0 Å². The monoisotopic (exact) mass is 974 g/mol. The highest BCUT2D eigenvalue weighted by molar-refractivity contribution is 6.32. The molecule has 0 amide bonds. The smallest absolute Gasteiger partial charge is 0.0641 e. The molecule has 0 aliphatic rings. The molecule has 15 aromatic rings. The molecule has 0 aliphatic heterocycles. The van der Waals surface area contributed by atoms with Crippen molar-refractivity contribution in [1.82, 2.24) is 8.80 Å². The molecular formula is C72H54N4. The zero-order valence-corrected chi connectivity index (χ0v) is 43.1. The lowest BCUT2D eigenvalue weighted by molar-refractivity contribution is 1.14. The first kappa shape index (κ1) is 44.1. The van der Waals surface area contributed by atoms with Crippen LogP contribution in [0.2, 0.25) is 0 Å². The first-order valence-corrected chi connectivity index (χ1v) is 26.9. The molecule has 0 atom stereocenters. The van der Waals surface area contributed by atoms with Crippen LogP contribution in [0.1, 0.15) is 36.1 Å². The molecular weight excluding hydrogens is 921 g/mol. The van der Waals surface area contributed by atoms with Gasteiger partial charge in [-0.2, -0.15) is 0 Å². The SMILES string of the molecule is CCc1ccc(N(c2ccccc2)c2ccc3c4cc5c(cc4n4c6ccccc6c2c34)c2ccc(N(c3ccccc3)c3ccc(CC)cc3-c3ccc(C)cc3)c3c4ccccc4n5c23)c(-c2ccc(C)cc2)c1. The molecule has 0 saturated heterocycles. The third-order valence-corrected chi connectivity index (χ3v) is 16.4. The summed E-state index contributed by atoms with van der Waals surface area (Å²) in [5.41, 5.74) is 24.2. The van der Waals surface area contributed by atoms with Gasteiger partial charge in [0, 0.05) is 65.6 Å². The quantitative estimate of drug-likeness (QED) is 0.136. The van der Waals surface area contributed by atoms with Crippen molar-refractivity contribution in [2.45, 2.75) is 40.5 Å². The Morgan fingerprint density at radius 3 is 1.11 bits per heavy atom. The zero-order chi connectivity index (χ0) is 50.8. The number of hydrogen-bond donors (Lipinski definition) is 0. The molecule has 0 bridgehead atoms. The van der Waals surface area contributed by atoms with Crippen molar-refractivity contribution < 1.29 is 0 Å². The molecule has 15 rings (SSSR count). The Labute approximate surface area is 442 Å². The molecule has 4 heteroatoms. The average molecular weight is 975 g/mol. The van der Waals surface area contributed by atoms with Crippen molar-refractivity contribution in [2.24, 2.45) is 0 Å². The lowest BCUT2D eigenvalue weighted by atomic mass is 9.96. The number of para-hydroxylation sites is 4. The van der Waals surface area contributed by atoms with Crippen LogP contribution >= 0.6 is 0 Å². The van der Waals surface area contributed by atoms with Gasteiger partial charge < -0.3 is 18.6 Å². The Hall–Kier alpha value is -9.38. The Morgan fingerprint density at radius 1 is 0.316 bits per heavy atom. The van der Waals surface area contributed by atoms with E-state index in [9.17, 15) is 0 Å². The number of nitrogens with zero attached hydrogens (tertiary/aromatic N) is 4. The normalized spacial score (nSPS) is 12.1. The van der Waals surface area contributed by atoms with E-state index >= 15 is 0 Å². The van der Waals surface area contributed by atoms with Crippen molar-refractivity contribution in [1.29, 1.82) is 0 Å². The topological polar surface area (TPSA) is 15.3 Å². The molecule has 76 heavy (non-hydrogen) atoms. The van der Waals surface area contributed by atoms with Gasteiger partial charge in [0.25, 0.3) is 0 Å². The summed E-state index contributed by atoms with van der Waals surface area (Å²) in [6.45, 7) is 8.82. The third kappa shape index (κ3) is 6.50. The van der Waals surface area contributed by atoms with Gasteiger partial charge in [-0.15, -0.1) is 0 Å². The maximum Gasteiger partial charge on any atom is 0.0641 e. The summed E-state index contributed by atoms with van der Waals surface area (Å²) in [6.07, 6.45) is 1.92. The van der Waals surface area contributed by atoms with E-state index in [2.05, 4.69) is 277 Å². The predicted molar refractivity (Wildman–Crippen MR) is 324 cm³/mol. The number of fused-ring (bicyclic) bond motifs is 12. The highest BCUT2D eigenvalue weighted by Gasteiger charge is 2.29. The molecule has 0 N–H and O–H groups in total. The average Bonchev–Trinajstić information content (AvgIpc) is 4.41. The number of aryl methyl sites for hydroxylation is 4. The fourth-order valence-electron chi connectivity index (χ4n) is 12.7. The minimum Gasteiger partial charge on any atom is -0.309 e. The van der Waals surface area contributed by atoms with Gasteiger partial charge in [-0.1, -0.05) is 171 Å². The minimum absolute atomic E-state index is 0.962. The van der Waals surface area contributed by atoms with E-state index in [4.69, 9.17) is 0 Å². The van der Waals surface area contributed by atoms with Gasteiger partial charge in [0.15, 0.2) is 0 Å². The molecule has 4 aromatic heterocycles. The fourth-order valence-corrected chi connectivity index (χ4v) is 12.7. The Balaban J connectivity index is 1.00. The van der Waals surface area contributed by atoms with Crippen LogP contribution in [0.5, 0.6) is 0 Å². The maximum atomic E-state index is 2.56. The summed E-state index contributed by atoms with van der Waals surface area (Å²) >= 11 is 0. The van der Waals surface area contributed by atoms with Gasteiger partial charge in [0.05, 0.1) is 55.8 Å². The molecule has 0 spiro atoms. The van der Waals surface area contributed by atoms with Crippen molar-refractivity contribution in [3.63, 3.8) is 0 Å². The van der Waals surface area contributed by atoms with Crippen LogP contribution < -0.4 is 9.80 Å². The second-order valence-electron chi connectivity index (χ2n) is 20.8. The Kier molecular flexibility index (Phi) is 9.93. The highest BCUT2D eigenvalue weighted by atomic mass is 15.2. The molecule has 0 aliphatic carbocycles. The molecule has 0 fully saturated rings. The van der Waals surface area contributed by atoms with Crippen molar-refractivity contribution in [2.75, 3.05) is 9.80 Å². The third-order valence-electron chi connectivity index (χ3n) is 16.4. The van der Waals surface area contributed by atoms with Crippen LogP contribution in [0, 0.1) is 13.8 Å². The first-order valence-electron chi connectivity index (χ1n) is 26.9. The van der Waals surface area contributed by atoms with Crippen LogP contribution in [0.15, 0.2) is 231 Å². The van der Waals surface area contributed by atoms with Gasteiger partial charge >= 0.3 is 0 Å². The number of hydrogen-bond acceptors (Lipinski definition) is 2. The second kappa shape index (κ2) is 17.1. The van der Waals surface area contributed by atoms with E-state index in [1.165, 1.54) is 121 Å². The second-order valence-corrected chi connectivity index (χ2v) is 20.8. The van der Waals surface area contributed by atoms with Crippen LogP contribution in [0.25, 0.3) is 98.4 Å². The van der Waals surface area contributed by atoms with Gasteiger partial charge in [0.1, 0.15) is 0 Å². The minimum atomic E-state index is 0.962. The van der Waals surface area contributed by atoms with Crippen molar-refractivity contribution >= 4 is 110 Å². The molecule has 4 heterocycles. The highest BCUT2D eigenvalue weighted by Crippen LogP contribution is 2.53. The van der Waals surface area contributed by atoms with Crippen molar-refractivity contribution in [3.05, 3.63) is 253 Å². The van der Waals surface area contributed by atoms with Gasteiger partial charge in [0.2, 0.25) is 0 Å². The van der Waals surface area contributed by atoms with Gasteiger partial charge in [-0.25, -0.2) is 0 Å². The van der Waals surface area contributed by atoms with Crippen LogP contribution in [0.4, 0.5) is 34.1 Å². The molecule has 0 unspecified atom stereocenters. The fraction of sp³-hybridized carbons (Fsp3) is 0.0833. The summed E-state index contributed by atoms with van der Waals surface area (Å²) < 4.78 is 5.12. The maximum absolute atomic E-state index is 2.56.